The average molecular weight is 318 g/mol. The molecule has 0 aliphatic carbocycles. The summed E-state index contributed by atoms with van der Waals surface area (Å²) in [6.45, 7) is 4.20. The van der Waals surface area contributed by atoms with Crippen molar-refractivity contribution >= 4 is 49.3 Å². The topological polar surface area (TPSA) is 53.6 Å². The van der Waals surface area contributed by atoms with Gasteiger partial charge in [-0.1, -0.05) is 0 Å². The molecule has 0 amide bonds. The molecule has 1 aliphatic heterocycles. The van der Waals surface area contributed by atoms with Crippen LogP contribution in [0.5, 0.6) is 0 Å². The van der Waals surface area contributed by atoms with Gasteiger partial charge in [-0.25, -0.2) is 4.98 Å². The Morgan fingerprint density at radius 1 is 1.29 bits per heavy atom. The van der Waals surface area contributed by atoms with E-state index in [1.807, 2.05) is 11.8 Å². The van der Waals surface area contributed by atoms with Crippen molar-refractivity contribution in [2.24, 2.45) is 0 Å². The molecule has 1 fully saturated rings. The van der Waals surface area contributed by atoms with E-state index in [0.29, 0.717) is 6.04 Å². The van der Waals surface area contributed by atoms with E-state index < -0.39 is 0 Å². The second-order valence-electron chi connectivity index (χ2n) is 5.67. The van der Waals surface area contributed by atoms with Gasteiger partial charge in [0.15, 0.2) is 5.82 Å². The lowest BCUT2D eigenvalue weighted by atomic mass is 10.1. The number of H-pyrrole nitrogens is 1. The molecule has 0 atom stereocenters. The highest BCUT2D eigenvalue weighted by Crippen LogP contribution is 2.38. The van der Waals surface area contributed by atoms with Crippen LogP contribution in [0.25, 0.3) is 20.4 Å². The van der Waals surface area contributed by atoms with Gasteiger partial charge < -0.3 is 5.32 Å². The summed E-state index contributed by atoms with van der Waals surface area (Å²) in [6.07, 6.45) is 2.45. The number of aromatic nitrogens is 3. The molecule has 0 unspecified atom stereocenters. The van der Waals surface area contributed by atoms with E-state index in [1.165, 1.54) is 40.0 Å². The van der Waals surface area contributed by atoms with Crippen LogP contribution in [0.3, 0.4) is 0 Å². The molecule has 1 aliphatic rings. The molecule has 0 spiro atoms. The molecule has 3 aromatic heterocycles. The summed E-state index contributed by atoms with van der Waals surface area (Å²) in [5.74, 6) is 3.50. The van der Waals surface area contributed by atoms with Gasteiger partial charge in [0, 0.05) is 17.1 Å². The largest absolute Gasteiger partial charge is 0.365 e. The van der Waals surface area contributed by atoms with E-state index in [0.717, 1.165) is 21.9 Å². The smallest absolute Gasteiger partial charge is 0.166 e. The minimum Gasteiger partial charge on any atom is -0.365 e. The van der Waals surface area contributed by atoms with E-state index in [9.17, 15) is 0 Å². The highest BCUT2D eigenvalue weighted by molar-refractivity contribution is 7.99. The normalized spacial score (nSPS) is 16.9. The maximum Gasteiger partial charge on any atom is 0.166 e. The van der Waals surface area contributed by atoms with Gasteiger partial charge >= 0.3 is 0 Å². The number of nitrogens with zero attached hydrogens (tertiary/aromatic N) is 2. The number of hydrogen-bond acceptors (Lipinski definition) is 5. The lowest BCUT2D eigenvalue weighted by molar-refractivity contribution is 0.664. The minimum absolute atomic E-state index is 0.554. The summed E-state index contributed by atoms with van der Waals surface area (Å²) in [5, 5.41) is 12.6. The Kier molecular flexibility index (Phi) is 3.30. The summed E-state index contributed by atoms with van der Waals surface area (Å²) in [4.78, 5) is 5.78. The van der Waals surface area contributed by atoms with E-state index >= 15 is 0 Å². The van der Waals surface area contributed by atoms with E-state index in [1.54, 1.807) is 11.3 Å². The fraction of sp³-hybridized carbons (Fsp3) is 0.467. The summed E-state index contributed by atoms with van der Waals surface area (Å²) in [7, 11) is 0. The van der Waals surface area contributed by atoms with Crippen molar-refractivity contribution in [2.75, 3.05) is 16.8 Å². The number of aryl methyl sites for hydroxylation is 2. The van der Waals surface area contributed by atoms with E-state index in [2.05, 4.69) is 40.4 Å². The highest BCUT2D eigenvalue weighted by Gasteiger charge is 2.19. The third kappa shape index (κ3) is 2.30. The van der Waals surface area contributed by atoms with Gasteiger partial charge in [0.2, 0.25) is 0 Å². The minimum atomic E-state index is 0.554. The molecule has 4 heterocycles. The van der Waals surface area contributed by atoms with Crippen molar-refractivity contribution < 1.29 is 0 Å². The molecule has 4 rings (SSSR count). The molecular formula is C15H18N4S2. The maximum absolute atomic E-state index is 4.67. The lowest BCUT2D eigenvalue weighted by Gasteiger charge is -2.22. The molecule has 0 aromatic carbocycles. The van der Waals surface area contributed by atoms with Crippen LogP contribution in [0.4, 0.5) is 5.82 Å². The number of thioether (sulfide) groups is 1. The van der Waals surface area contributed by atoms with Crippen LogP contribution in [0.15, 0.2) is 6.07 Å². The molecule has 1 saturated heterocycles. The van der Waals surface area contributed by atoms with E-state index in [-0.39, 0.29) is 0 Å². The standard InChI is InChI=1S/C15H18N4S2/c1-8-7-9(2)16-15-11(8)12-13(21-15)14(19-18-12)17-10-3-5-20-6-4-10/h7,10H,3-6H2,1-2H3,(H2,17,18,19). The fourth-order valence-corrected chi connectivity index (χ4v) is 5.32. The van der Waals surface area contributed by atoms with Gasteiger partial charge in [-0.2, -0.15) is 16.9 Å². The Labute approximate surface area is 131 Å². The quantitative estimate of drug-likeness (QED) is 0.747. The summed E-state index contributed by atoms with van der Waals surface area (Å²) < 4.78 is 1.21. The first-order valence-corrected chi connectivity index (χ1v) is 9.28. The zero-order chi connectivity index (χ0) is 14.4. The zero-order valence-corrected chi connectivity index (χ0v) is 13.8. The van der Waals surface area contributed by atoms with Crippen LogP contribution in [-0.2, 0) is 0 Å². The van der Waals surface area contributed by atoms with Crippen LogP contribution in [0.1, 0.15) is 24.1 Å². The van der Waals surface area contributed by atoms with Crippen LogP contribution in [0, 0.1) is 13.8 Å². The van der Waals surface area contributed by atoms with Crippen molar-refractivity contribution in [3.63, 3.8) is 0 Å². The second-order valence-corrected chi connectivity index (χ2v) is 7.89. The van der Waals surface area contributed by atoms with Crippen LogP contribution >= 0.6 is 23.1 Å². The molecule has 21 heavy (non-hydrogen) atoms. The Hall–Kier alpha value is -1.27. The molecule has 6 heteroatoms. The van der Waals surface area contributed by atoms with Crippen molar-refractivity contribution in [1.29, 1.82) is 0 Å². The average Bonchev–Trinajstić information content (AvgIpc) is 2.99. The predicted molar refractivity (Wildman–Crippen MR) is 92.7 cm³/mol. The number of aromatic amines is 1. The lowest BCUT2D eigenvalue weighted by Crippen LogP contribution is -2.24. The molecule has 0 saturated carbocycles. The number of pyridine rings is 1. The molecule has 0 bridgehead atoms. The number of fused-ring (bicyclic) bond motifs is 3. The second kappa shape index (κ2) is 5.18. The van der Waals surface area contributed by atoms with Gasteiger partial charge in [0.1, 0.15) is 4.83 Å². The molecule has 2 N–H and O–H groups in total. The molecule has 4 nitrogen and oxygen atoms in total. The number of nitrogens with one attached hydrogen (secondary N) is 2. The molecule has 3 aromatic rings. The number of thiophene rings is 1. The van der Waals surface area contributed by atoms with Gasteiger partial charge in [-0.05, 0) is 49.8 Å². The third-order valence-corrected chi connectivity index (χ3v) is 6.18. The van der Waals surface area contributed by atoms with Crippen molar-refractivity contribution in [3.05, 3.63) is 17.3 Å². The van der Waals surface area contributed by atoms with Gasteiger partial charge in [0.05, 0.1) is 10.2 Å². The Morgan fingerprint density at radius 2 is 2.10 bits per heavy atom. The SMILES string of the molecule is Cc1cc(C)c2c(n1)sc1c(NC3CCSCC3)n[nH]c12. The Morgan fingerprint density at radius 3 is 2.90 bits per heavy atom. The predicted octanol–water partition coefficient (Wildman–Crippen LogP) is 4.10. The Balaban J connectivity index is 1.78. The van der Waals surface area contributed by atoms with Gasteiger partial charge in [-0.15, -0.1) is 11.3 Å². The van der Waals surface area contributed by atoms with Crippen molar-refractivity contribution in [2.45, 2.75) is 32.7 Å². The monoisotopic (exact) mass is 318 g/mol. The van der Waals surface area contributed by atoms with Gasteiger partial charge in [0.25, 0.3) is 0 Å². The first-order valence-electron chi connectivity index (χ1n) is 7.31. The summed E-state index contributed by atoms with van der Waals surface area (Å²) in [5.41, 5.74) is 3.48. The molecular weight excluding hydrogens is 300 g/mol. The fourth-order valence-electron chi connectivity index (χ4n) is 3.01. The first kappa shape index (κ1) is 13.4. The van der Waals surface area contributed by atoms with E-state index in [4.69, 9.17) is 0 Å². The van der Waals surface area contributed by atoms with Crippen LogP contribution in [0.2, 0.25) is 0 Å². The van der Waals surface area contributed by atoms with Crippen molar-refractivity contribution in [1.82, 2.24) is 15.2 Å². The van der Waals surface area contributed by atoms with Crippen LogP contribution in [-0.4, -0.2) is 32.7 Å². The summed E-state index contributed by atoms with van der Waals surface area (Å²) in [6, 6.07) is 2.69. The number of rotatable bonds is 2. The maximum atomic E-state index is 4.67. The molecule has 110 valence electrons. The highest BCUT2D eigenvalue weighted by atomic mass is 32.2. The van der Waals surface area contributed by atoms with Crippen LogP contribution < -0.4 is 5.32 Å². The number of anilines is 1. The third-order valence-electron chi connectivity index (χ3n) is 4.04. The molecule has 0 radical (unpaired) electrons. The van der Waals surface area contributed by atoms with Crippen molar-refractivity contribution in [3.8, 4) is 0 Å². The first-order chi connectivity index (χ1) is 10.2. The number of hydrogen-bond donors (Lipinski definition) is 2. The zero-order valence-electron chi connectivity index (χ0n) is 12.2. The van der Waals surface area contributed by atoms with Gasteiger partial charge in [-0.3, -0.25) is 5.10 Å². The summed E-state index contributed by atoms with van der Waals surface area (Å²) >= 11 is 3.79. The Bertz CT molecular complexity index is 799.